The lowest BCUT2D eigenvalue weighted by Crippen LogP contribution is -2.09. The van der Waals surface area contributed by atoms with Gasteiger partial charge in [-0.25, -0.2) is 0 Å². The first kappa shape index (κ1) is 9.75. The van der Waals surface area contributed by atoms with Crippen LogP contribution in [0.2, 0.25) is 0 Å². The third-order valence-electron chi connectivity index (χ3n) is 2.62. The van der Waals surface area contributed by atoms with E-state index >= 15 is 0 Å². The van der Waals surface area contributed by atoms with Gasteiger partial charge in [-0.05, 0) is 44.6 Å². The molecule has 0 bridgehead atoms. The molecule has 1 aliphatic rings. The Bertz CT molecular complexity index is 154. The van der Waals surface area contributed by atoms with Gasteiger partial charge in [0.1, 0.15) is 0 Å². The van der Waals surface area contributed by atoms with Gasteiger partial charge in [0.25, 0.3) is 0 Å². The molecule has 0 radical (unpaired) electrons. The van der Waals surface area contributed by atoms with E-state index in [1.165, 1.54) is 18.4 Å². The molecule has 0 heterocycles. The summed E-state index contributed by atoms with van der Waals surface area (Å²) in [6, 6.07) is 0. The van der Waals surface area contributed by atoms with Gasteiger partial charge < -0.3 is 10.8 Å². The molecule has 0 saturated carbocycles. The normalized spacial score (nSPS) is 23.8. The van der Waals surface area contributed by atoms with Crippen LogP contribution in [0.3, 0.4) is 0 Å². The minimum atomic E-state index is 0.338. The topological polar surface area (TPSA) is 46.2 Å². The van der Waals surface area contributed by atoms with E-state index in [9.17, 15) is 0 Å². The van der Waals surface area contributed by atoms with Crippen molar-refractivity contribution < 1.29 is 5.11 Å². The number of hydrogen-bond acceptors (Lipinski definition) is 2. The van der Waals surface area contributed by atoms with E-state index in [2.05, 4.69) is 6.08 Å². The minimum absolute atomic E-state index is 0.338. The second-order valence-electron chi connectivity index (χ2n) is 3.55. The second-order valence-corrected chi connectivity index (χ2v) is 3.55. The molecule has 3 N–H and O–H groups in total. The predicted molar refractivity (Wildman–Crippen MR) is 50.8 cm³/mol. The van der Waals surface area contributed by atoms with Gasteiger partial charge in [-0.15, -0.1) is 0 Å². The van der Waals surface area contributed by atoms with Gasteiger partial charge in [0.2, 0.25) is 0 Å². The van der Waals surface area contributed by atoms with Gasteiger partial charge in [0.15, 0.2) is 0 Å². The van der Waals surface area contributed by atoms with Crippen molar-refractivity contribution in [3.05, 3.63) is 11.6 Å². The molecule has 0 amide bonds. The summed E-state index contributed by atoms with van der Waals surface area (Å²) in [4.78, 5) is 0. The summed E-state index contributed by atoms with van der Waals surface area (Å²) in [5.41, 5.74) is 6.99. The Morgan fingerprint density at radius 2 is 2.42 bits per heavy atom. The van der Waals surface area contributed by atoms with Gasteiger partial charge in [-0.3, -0.25) is 0 Å². The van der Waals surface area contributed by atoms with Crippen LogP contribution >= 0.6 is 0 Å². The van der Waals surface area contributed by atoms with Gasteiger partial charge >= 0.3 is 0 Å². The molecular formula is C10H19NO. The molecule has 0 aromatic rings. The van der Waals surface area contributed by atoms with Crippen molar-refractivity contribution in [3.63, 3.8) is 0 Å². The predicted octanol–water partition coefficient (Wildman–Crippen LogP) is 1.44. The second kappa shape index (κ2) is 5.33. The van der Waals surface area contributed by atoms with Crippen molar-refractivity contribution in [1.82, 2.24) is 0 Å². The first-order chi connectivity index (χ1) is 5.86. The Balaban J connectivity index is 2.26. The Morgan fingerprint density at radius 1 is 1.58 bits per heavy atom. The maximum Gasteiger partial charge on any atom is 0.0433 e. The number of aliphatic hydroxyl groups excluding tert-OH is 1. The molecule has 0 aliphatic heterocycles. The Kier molecular flexibility index (Phi) is 4.33. The number of allylic oxidation sites excluding steroid dienone is 1. The summed E-state index contributed by atoms with van der Waals surface area (Å²) in [6.07, 6.45) is 7.93. The summed E-state index contributed by atoms with van der Waals surface area (Å²) in [6.45, 7) is 1.11. The summed E-state index contributed by atoms with van der Waals surface area (Å²) < 4.78 is 0. The van der Waals surface area contributed by atoms with Crippen LogP contribution in [0.1, 0.15) is 32.1 Å². The third kappa shape index (κ3) is 2.95. The molecule has 0 aromatic heterocycles. The molecule has 12 heavy (non-hydrogen) atoms. The monoisotopic (exact) mass is 169 g/mol. The molecule has 0 spiro atoms. The summed E-state index contributed by atoms with van der Waals surface area (Å²) in [7, 11) is 0. The van der Waals surface area contributed by atoms with Crippen LogP contribution in [-0.2, 0) is 0 Å². The molecule has 2 heteroatoms. The highest BCUT2D eigenvalue weighted by Crippen LogP contribution is 2.26. The molecule has 0 saturated heterocycles. The molecule has 70 valence electrons. The van der Waals surface area contributed by atoms with Crippen molar-refractivity contribution >= 4 is 0 Å². The zero-order chi connectivity index (χ0) is 8.81. The first-order valence-corrected chi connectivity index (χ1v) is 4.85. The fourth-order valence-corrected chi connectivity index (χ4v) is 1.80. The van der Waals surface area contributed by atoms with E-state index in [1.54, 1.807) is 0 Å². The van der Waals surface area contributed by atoms with Crippen LogP contribution in [0.25, 0.3) is 0 Å². The average Bonchev–Trinajstić information content (AvgIpc) is 2.09. The molecule has 0 aromatic carbocycles. The van der Waals surface area contributed by atoms with Gasteiger partial charge in [0.05, 0.1) is 0 Å². The third-order valence-corrected chi connectivity index (χ3v) is 2.62. The smallest absolute Gasteiger partial charge is 0.0433 e. The van der Waals surface area contributed by atoms with Crippen molar-refractivity contribution in [2.75, 3.05) is 13.2 Å². The van der Waals surface area contributed by atoms with Crippen molar-refractivity contribution in [2.45, 2.75) is 32.1 Å². The molecule has 0 fully saturated rings. The molecule has 1 unspecified atom stereocenters. The van der Waals surface area contributed by atoms with E-state index < -0.39 is 0 Å². The largest absolute Gasteiger partial charge is 0.396 e. The molecule has 1 aliphatic carbocycles. The van der Waals surface area contributed by atoms with E-state index in [-0.39, 0.29) is 0 Å². The minimum Gasteiger partial charge on any atom is -0.396 e. The first-order valence-electron chi connectivity index (χ1n) is 4.85. The van der Waals surface area contributed by atoms with Gasteiger partial charge in [-0.2, -0.15) is 0 Å². The highest BCUT2D eigenvalue weighted by atomic mass is 16.3. The lowest BCUT2D eigenvalue weighted by molar-refractivity contribution is 0.249. The highest BCUT2D eigenvalue weighted by Gasteiger charge is 2.12. The van der Waals surface area contributed by atoms with E-state index in [0.717, 1.165) is 31.7 Å². The zero-order valence-electron chi connectivity index (χ0n) is 7.63. The summed E-state index contributed by atoms with van der Waals surface area (Å²) in [5, 5.41) is 8.75. The quantitative estimate of drug-likeness (QED) is 0.626. The van der Waals surface area contributed by atoms with E-state index in [0.29, 0.717) is 6.61 Å². The number of rotatable bonds is 4. The van der Waals surface area contributed by atoms with Gasteiger partial charge in [0, 0.05) is 6.61 Å². The summed E-state index contributed by atoms with van der Waals surface area (Å²) >= 11 is 0. The maximum absolute atomic E-state index is 8.75. The van der Waals surface area contributed by atoms with Crippen LogP contribution in [-0.4, -0.2) is 18.3 Å². The van der Waals surface area contributed by atoms with E-state index in [1.807, 2.05) is 0 Å². The van der Waals surface area contributed by atoms with Crippen LogP contribution < -0.4 is 5.73 Å². The maximum atomic E-state index is 8.75. The Labute approximate surface area is 74.5 Å². The number of nitrogens with two attached hydrogens (primary N) is 1. The number of hydrogen-bond donors (Lipinski definition) is 2. The van der Waals surface area contributed by atoms with Gasteiger partial charge in [-0.1, -0.05) is 11.6 Å². The highest BCUT2D eigenvalue weighted by molar-refractivity contribution is 5.06. The van der Waals surface area contributed by atoms with Crippen LogP contribution in [0, 0.1) is 5.92 Å². The van der Waals surface area contributed by atoms with Crippen molar-refractivity contribution in [2.24, 2.45) is 11.7 Å². The Hall–Kier alpha value is -0.340. The van der Waals surface area contributed by atoms with Crippen LogP contribution in [0.5, 0.6) is 0 Å². The molecule has 1 atom stereocenters. The lowest BCUT2D eigenvalue weighted by atomic mass is 9.86. The van der Waals surface area contributed by atoms with E-state index in [4.69, 9.17) is 10.8 Å². The van der Waals surface area contributed by atoms with Crippen LogP contribution in [0.4, 0.5) is 0 Å². The summed E-state index contributed by atoms with van der Waals surface area (Å²) in [5.74, 6) is 0.719. The number of aliphatic hydroxyl groups is 1. The average molecular weight is 169 g/mol. The fraction of sp³-hybridized carbons (Fsp3) is 0.800. The lowest BCUT2D eigenvalue weighted by Gasteiger charge is -2.20. The van der Waals surface area contributed by atoms with Crippen LogP contribution in [0.15, 0.2) is 11.6 Å². The standard InChI is InChI=1S/C10H19NO/c11-7-5-9-1-3-10(4-2-9)6-8-12/h1,10,12H,2-8,11H2. The molecule has 1 rings (SSSR count). The molecule has 2 nitrogen and oxygen atoms in total. The van der Waals surface area contributed by atoms with Crippen molar-refractivity contribution in [3.8, 4) is 0 Å². The Morgan fingerprint density at radius 3 is 2.92 bits per heavy atom. The molecular weight excluding hydrogens is 150 g/mol. The SMILES string of the molecule is NCCC1=CCC(CCO)CC1. The van der Waals surface area contributed by atoms with Crippen molar-refractivity contribution in [1.29, 1.82) is 0 Å². The zero-order valence-corrected chi connectivity index (χ0v) is 7.63. The fourth-order valence-electron chi connectivity index (χ4n) is 1.80.